The van der Waals surface area contributed by atoms with Crippen molar-refractivity contribution in [3.05, 3.63) is 35.6 Å². The number of carboxylic acids is 1. The molecule has 2 N–H and O–H groups in total. The summed E-state index contributed by atoms with van der Waals surface area (Å²) < 4.78 is 5.33. The lowest BCUT2D eigenvalue weighted by Gasteiger charge is -2.01. The van der Waals surface area contributed by atoms with Gasteiger partial charge in [-0.25, -0.2) is 0 Å². The molecular formula is C13H13NO4. The fourth-order valence-corrected chi connectivity index (χ4v) is 1.74. The second-order valence-corrected chi connectivity index (χ2v) is 4.11. The maximum absolute atomic E-state index is 11.5. The van der Waals surface area contributed by atoms with Crippen LogP contribution < -0.4 is 5.32 Å². The molecule has 2 aromatic rings. The molecule has 0 saturated carbocycles. The molecule has 0 bridgehead atoms. The highest BCUT2D eigenvalue weighted by Gasteiger charge is 2.11. The first-order chi connectivity index (χ1) is 8.56. The first-order valence-corrected chi connectivity index (χ1v) is 5.51. The Morgan fingerprint density at radius 2 is 2.17 bits per heavy atom. The molecule has 1 aromatic carbocycles. The SMILES string of the molecule is Cc1ccc2occ(CC(=O)NCC(=O)O)c2c1. The van der Waals surface area contributed by atoms with Gasteiger partial charge in [0.1, 0.15) is 12.1 Å². The molecular weight excluding hydrogens is 234 g/mol. The van der Waals surface area contributed by atoms with Crippen LogP contribution in [0.25, 0.3) is 11.0 Å². The highest BCUT2D eigenvalue weighted by atomic mass is 16.4. The number of hydrogen-bond acceptors (Lipinski definition) is 3. The summed E-state index contributed by atoms with van der Waals surface area (Å²) in [6, 6.07) is 5.72. The largest absolute Gasteiger partial charge is 0.480 e. The number of furan rings is 1. The molecule has 0 unspecified atom stereocenters. The first kappa shape index (κ1) is 12.2. The van der Waals surface area contributed by atoms with Gasteiger partial charge in [-0.1, -0.05) is 11.6 Å². The van der Waals surface area contributed by atoms with E-state index in [9.17, 15) is 9.59 Å². The van der Waals surface area contributed by atoms with Gasteiger partial charge in [0.05, 0.1) is 12.7 Å². The highest BCUT2D eigenvalue weighted by Crippen LogP contribution is 2.22. The Morgan fingerprint density at radius 1 is 1.39 bits per heavy atom. The van der Waals surface area contributed by atoms with Gasteiger partial charge in [-0.05, 0) is 19.1 Å². The topological polar surface area (TPSA) is 79.5 Å². The van der Waals surface area contributed by atoms with Crippen LogP contribution in [-0.2, 0) is 16.0 Å². The number of aryl methyl sites for hydroxylation is 1. The summed E-state index contributed by atoms with van der Waals surface area (Å²) in [6.07, 6.45) is 1.65. The number of carbonyl (C=O) groups is 2. The molecule has 18 heavy (non-hydrogen) atoms. The van der Waals surface area contributed by atoms with Crippen molar-refractivity contribution < 1.29 is 19.1 Å². The van der Waals surface area contributed by atoms with Crippen molar-refractivity contribution in [2.24, 2.45) is 0 Å². The molecule has 2 rings (SSSR count). The molecule has 0 fully saturated rings. The highest BCUT2D eigenvalue weighted by molar-refractivity contribution is 5.89. The lowest BCUT2D eigenvalue weighted by molar-refractivity contribution is -0.137. The number of benzene rings is 1. The van der Waals surface area contributed by atoms with E-state index in [1.165, 1.54) is 6.26 Å². The summed E-state index contributed by atoms with van der Waals surface area (Å²) >= 11 is 0. The van der Waals surface area contributed by atoms with E-state index in [1.807, 2.05) is 25.1 Å². The van der Waals surface area contributed by atoms with Crippen LogP contribution in [0.5, 0.6) is 0 Å². The normalized spacial score (nSPS) is 10.5. The van der Waals surface area contributed by atoms with Gasteiger partial charge in [0.15, 0.2) is 0 Å². The van der Waals surface area contributed by atoms with Crippen LogP contribution in [0, 0.1) is 6.92 Å². The third-order valence-corrected chi connectivity index (χ3v) is 2.60. The summed E-state index contributed by atoms with van der Waals surface area (Å²) in [7, 11) is 0. The number of hydrogen-bond donors (Lipinski definition) is 2. The second-order valence-electron chi connectivity index (χ2n) is 4.11. The monoisotopic (exact) mass is 247 g/mol. The average Bonchev–Trinajstić information content (AvgIpc) is 2.69. The van der Waals surface area contributed by atoms with Gasteiger partial charge in [0.2, 0.25) is 5.91 Å². The summed E-state index contributed by atoms with van der Waals surface area (Å²) in [5, 5.41) is 11.7. The Hall–Kier alpha value is -2.30. The number of carbonyl (C=O) groups excluding carboxylic acids is 1. The minimum absolute atomic E-state index is 0.115. The van der Waals surface area contributed by atoms with Gasteiger partial charge in [-0.2, -0.15) is 0 Å². The van der Waals surface area contributed by atoms with Crippen molar-refractivity contribution in [3.8, 4) is 0 Å². The van der Waals surface area contributed by atoms with Crippen LogP contribution in [-0.4, -0.2) is 23.5 Å². The number of nitrogens with one attached hydrogen (secondary N) is 1. The maximum atomic E-state index is 11.5. The molecule has 5 heteroatoms. The van der Waals surface area contributed by atoms with E-state index >= 15 is 0 Å². The van der Waals surface area contributed by atoms with Crippen molar-refractivity contribution in [1.82, 2.24) is 5.32 Å². The van der Waals surface area contributed by atoms with E-state index < -0.39 is 5.97 Å². The number of amides is 1. The molecule has 0 aliphatic carbocycles. The average molecular weight is 247 g/mol. The Kier molecular flexibility index (Phi) is 3.32. The van der Waals surface area contributed by atoms with Gasteiger partial charge in [-0.3, -0.25) is 9.59 Å². The quantitative estimate of drug-likeness (QED) is 0.857. The summed E-state index contributed by atoms with van der Waals surface area (Å²) in [5.74, 6) is -1.39. The summed E-state index contributed by atoms with van der Waals surface area (Å²) in [6.45, 7) is 1.59. The molecule has 1 aromatic heterocycles. The minimum atomic E-state index is -1.06. The van der Waals surface area contributed by atoms with Crippen molar-refractivity contribution >= 4 is 22.8 Å². The molecule has 1 amide bonds. The van der Waals surface area contributed by atoms with Crippen molar-refractivity contribution in [2.45, 2.75) is 13.3 Å². The molecule has 1 heterocycles. The number of fused-ring (bicyclic) bond motifs is 1. The molecule has 0 saturated heterocycles. The van der Waals surface area contributed by atoms with E-state index in [4.69, 9.17) is 9.52 Å². The second kappa shape index (κ2) is 4.91. The van der Waals surface area contributed by atoms with Crippen LogP contribution in [0.1, 0.15) is 11.1 Å². The van der Waals surface area contributed by atoms with E-state index in [0.29, 0.717) is 0 Å². The zero-order valence-corrected chi connectivity index (χ0v) is 9.90. The Balaban J connectivity index is 2.14. The lowest BCUT2D eigenvalue weighted by Crippen LogP contribution is -2.30. The van der Waals surface area contributed by atoms with Crippen molar-refractivity contribution in [2.75, 3.05) is 6.54 Å². The predicted molar refractivity (Wildman–Crippen MR) is 65.3 cm³/mol. The van der Waals surface area contributed by atoms with E-state index in [-0.39, 0.29) is 18.9 Å². The summed E-state index contributed by atoms with van der Waals surface area (Å²) in [4.78, 5) is 21.9. The number of rotatable bonds is 4. The Morgan fingerprint density at radius 3 is 2.89 bits per heavy atom. The Bertz CT molecular complexity index is 600. The van der Waals surface area contributed by atoms with Crippen LogP contribution in [0.4, 0.5) is 0 Å². The van der Waals surface area contributed by atoms with Crippen LogP contribution >= 0.6 is 0 Å². The molecule has 0 atom stereocenters. The van der Waals surface area contributed by atoms with Crippen molar-refractivity contribution in [3.63, 3.8) is 0 Å². The van der Waals surface area contributed by atoms with E-state index in [2.05, 4.69) is 5.32 Å². The van der Waals surface area contributed by atoms with Crippen molar-refractivity contribution in [1.29, 1.82) is 0 Å². The fourth-order valence-electron chi connectivity index (χ4n) is 1.74. The Labute approximate surface area is 103 Å². The summed E-state index contributed by atoms with van der Waals surface area (Å²) in [5.41, 5.74) is 2.56. The van der Waals surface area contributed by atoms with Crippen LogP contribution in [0.2, 0.25) is 0 Å². The molecule has 0 aliphatic rings. The van der Waals surface area contributed by atoms with Gasteiger partial charge in [0, 0.05) is 10.9 Å². The van der Waals surface area contributed by atoms with Gasteiger partial charge < -0.3 is 14.8 Å². The van der Waals surface area contributed by atoms with Gasteiger partial charge >= 0.3 is 5.97 Å². The third kappa shape index (κ3) is 2.68. The van der Waals surface area contributed by atoms with E-state index in [1.54, 1.807) is 0 Å². The molecule has 5 nitrogen and oxygen atoms in total. The molecule has 94 valence electrons. The van der Waals surface area contributed by atoms with Gasteiger partial charge in [0.25, 0.3) is 0 Å². The standard InChI is InChI=1S/C13H13NO4/c1-8-2-3-11-10(4-8)9(7-18-11)5-12(15)14-6-13(16)17/h2-4,7H,5-6H2,1H3,(H,14,15)(H,16,17). The van der Waals surface area contributed by atoms with E-state index in [0.717, 1.165) is 22.1 Å². The molecule has 0 spiro atoms. The lowest BCUT2D eigenvalue weighted by atomic mass is 10.1. The van der Waals surface area contributed by atoms with Gasteiger partial charge in [-0.15, -0.1) is 0 Å². The third-order valence-electron chi connectivity index (χ3n) is 2.60. The number of aliphatic carboxylic acids is 1. The maximum Gasteiger partial charge on any atom is 0.322 e. The molecule has 0 radical (unpaired) electrons. The predicted octanol–water partition coefficient (Wildman–Crippen LogP) is 1.48. The number of carboxylic acid groups (broad SMARTS) is 1. The fraction of sp³-hybridized carbons (Fsp3) is 0.231. The smallest absolute Gasteiger partial charge is 0.322 e. The zero-order chi connectivity index (χ0) is 13.1. The zero-order valence-electron chi connectivity index (χ0n) is 9.90. The van der Waals surface area contributed by atoms with Crippen LogP contribution in [0.15, 0.2) is 28.9 Å². The van der Waals surface area contributed by atoms with Crippen LogP contribution in [0.3, 0.4) is 0 Å². The molecule has 0 aliphatic heterocycles. The minimum Gasteiger partial charge on any atom is -0.480 e. The first-order valence-electron chi connectivity index (χ1n) is 5.51.